The number of hydrogen-bond acceptors (Lipinski definition) is 6. The van der Waals surface area contributed by atoms with Crippen LogP contribution in [0.25, 0.3) is 11.0 Å². The van der Waals surface area contributed by atoms with Crippen molar-refractivity contribution in [2.45, 2.75) is 12.5 Å². The Balaban J connectivity index is 1.48. The van der Waals surface area contributed by atoms with Gasteiger partial charge < -0.3 is 24.7 Å². The molecule has 0 radical (unpaired) electrons. The van der Waals surface area contributed by atoms with Gasteiger partial charge in [-0.25, -0.2) is 4.79 Å². The van der Waals surface area contributed by atoms with Gasteiger partial charge in [-0.3, -0.25) is 4.79 Å². The summed E-state index contributed by atoms with van der Waals surface area (Å²) in [6.45, 7) is 0. The Morgan fingerprint density at radius 1 is 1.00 bits per heavy atom. The first-order valence-corrected chi connectivity index (χ1v) is 9.61. The number of para-hydroxylation sites is 1. The summed E-state index contributed by atoms with van der Waals surface area (Å²) in [5.41, 5.74) is 4.65. The fourth-order valence-electron chi connectivity index (χ4n) is 3.04. The summed E-state index contributed by atoms with van der Waals surface area (Å²) in [4.78, 5) is 25.1. The minimum Gasteiger partial charge on any atom is -0.508 e. The van der Waals surface area contributed by atoms with Crippen LogP contribution >= 0.6 is 0 Å². The molecule has 1 atom stereocenters. The summed E-state index contributed by atoms with van der Waals surface area (Å²) in [6, 6.07) is 19.4. The summed E-state index contributed by atoms with van der Waals surface area (Å²) < 4.78 is 16.5. The molecule has 7 nitrogen and oxygen atoms in total. The standard InChI is InChI=1S/C24H19NO6/c25-20(12-15-6-8-16(26)9-7-15)24(28)31-18-10-11-19-21(13-18)29-14-22(23(19)27)30-17-4-2-1-3-5-17/h1-11,13-14,20,26H,12,25H2/p+1/t20-/m0/s1. The third kappa shape index (κ3) is 4.73. The first-order chi connectivity index (χ1) is 15.0. The zero-order chi connectivity index (χ0) is 21.8. The van der Waals surface area contributed by atoms with Gasteiger partial charge in [0.1, 0.15) is 29.1 Å². The van der Waals surface area contributed by atoms with Crippen LogP contribution in [-0.4, -0.2) is 17.1 Å². The molecular weight excluding hydrogens is 398 g/mol. The number of ether oxygens (including phenoxy) is 2. The monoisotopic (exact) mass is 418 g/mol. The average molecular weight is 418 g/mol. The molecule has 0 aliphatic rings. The van der Waals surface area contributed by atoms with Gasteiger partial charge in [0.2, 0.25) is 11.2 Å². The van der Waals surface area contributed by atoms with E-state index in [1.54, 1.807) is 48.5 Å². The van der Waals surface area contributed by atoms with E-state index < -0.39 is 12.0 Å². The second-order valence-corrected chi connectivity index (χ2v) is 6.99. The quantitative estimate of drug-likeness (QED) is 0.368. The summed E-state index contributed by atoms with van der Waals surface area (Å²) >= 11 is 0. The summed E-state index contributed by atoms with van der Waals surface area (Å²) in [7, 11) is 0. The average Bonchev–Trinajstić information content (AvgIpc) is 2.78. The molecule has 4 rings (SSSR count). The lowest BCUT2D eigenvalue weighted by Crippen LogP contribution is -2.67. The third-order valence-electron chi connectivity index (χ3n) is 4.66. The number of carbonyl (C=O) groups excluding carboxylic acids is 1. The zero-order valence-corrected chi connectivity index (χ0v) is 16.5. The highest BCUT2D eigenvalue weighted by Crippen LogP contribution is 2.24. The van der Waals surface area contributed by atoms with Crippen LogP contribution < -0.4 is 20.6 Å². The number of quaternary nitrogens is 1. The predicted octanol–water partition coefficient (Wildman–Crippen LogP) is 3.05. The largest absolute Gasteiger partial charge is 0.508 e. The second kappa shape index (κ2) is 8.73. The van der Waals surface area contributed by atoms with Crippen LogP contribution in [0.3, 0.4) is 0 Å². The lowest BCUT2D eigenvalue weighted by Gasteiger charge is -2.10. The van der Waals surface area contributed by atoms with Crippen LogP contribution in [0.5, 0.6) is 23.0 Å². The van der Waals surface area contributed by atoms with Crippen molar-refractivity contribution in [3.05, 3.63) is 94.8 Å². The number of phenols is 1. The molecule has 0 saturated heterocycles. The van der Waals surface area contributed by atoms with E-state index in [1.807, 2.05) is 6.07 Å². The van der Waals surface area contributed by atoms with E-state index in [9.17, 15) is 14.7 Å². The van der Waals surface area contributed by atoms with E-state index >= 15 is 0 Å². The Bertz CT molecular complexity index is 1260. The highest BCUT2D eigenvalue weighted by Gasteiger charge is 2.21. The normalized spacial score (nSPS) is 11.8. The molecule has 0 unspecified atom stereocenters. The maximum absolute atomic E-state index is 12.7. The second-order valence-electron chi connectivity index (χ2n) is 6.99. The van der Waals surface area contributed by atoms with Crippen molar-refractivity contribution in [2.24, 2.45) is 0 Å². The molecule has 0 spiro atoms. The van der Waals surface area contributed by atoms with Gasteiger partial charge in [0, 0.05) is 12.5 Å². The van der Waals surface area contributed by atoms with Crippen molar-refractivity contribution in [1.82, 2.24) is 0 Å². The maximum Gasteiger partial charge on any atom is 0.370 e. The first-order valence-electron chi connectivity index (χ1n) is 9.61. The zero-order valence-electron chi connectivity index (χ0n) is 16.5. The maximum atomic E-state index is 12.7. The van der Waals surface area contributed by atoms with Crippen LogP contribution in [0.1, 0.15) is 5.56 Å². The minimum atomic E-state index is -0.645. The molecule has 0 saturated carbocycles. The molecule has 156 valence electrons. The predicted molar refractivity (Wildman–Crippen MR) is 113 cm³/mol. The Kier molecular flexibility index (Phi) is 5.68. The van der Waals surface area contributed by atoms with E-state index in [0.29, 0.717) is 17.6 Å². The van der Waals surface area contributed by atoms with Crippen molar-refractivity contribution in [3.63, 3.8) is 0 Å². The van der Waals surface area contributed by atoms with Crippen LogP contribution in [0.15, 0.2) is 88.3 Å². The lowest BCUT2D eigenvalue weighted by molar-refractivity contribution is -0.406. The van der Waals surface area contributed by atoms with Crippen molar-refractivity contribution in [1.29, 1.82) is 0 Å². The Morgan fingerprint density at radius 3 is 2.48 bits per heavy atom. The van der Waals surface area contributed by atoms with Gasteiger partial charge in [0.15, 0.2) is 6.04 Å². The van der Waals surface area contributed by atoms with Crippen molar-refractivity contribution >= 4 is 16.9 Å². The molecule has 31 heavy (non-hydrogen) atoms. The molecule has 0 aliphatic heterocycles. The number of carbonyl (C=O) groups is 1. The molecule has 0 aliphatic carbocycles. The van der Waals surface area contributed by atoms with Gasteiger partial charge in [-0.05, 0) is 42.0 Å². The van der Waals surface area contributed by atoms with E-state index in [4.69, 9.17) is 13.9 Å². The molecule has 1 aromatic heterocycles. The smallest absolute Gasteiger partial charge is 0.370 e. The van der Waals surface area contributed by atoms with Crippen LogP contribution in [0, 0.1) is 0 Å². The molecule has 4 aromatic rings. The van der Waals surface area contributed by atoms with Crippen LogP contribution in [0.4, 0.5) is 0 Å². The van der Waals surface area contributed by atoms with Crippen molar-refractivity contribution in [2.75, 3.05) is 0 Å². The first kappa shape index (κ1) is 20.2. The molecule has 7 heteroatoms. The van der Waals surface area contributed by atoms with Gasteiger partial charge in [-0.15, -0.1) is 0 Å². The summed E-state index contributed by atoms with van der Waals surface area (Å²) in [5, 5.41) is 9.65. The van der Waals surface area contributed by atoms with Gasteiger partial charge in [-0.1, -0.05) is 30.3 Å². The van der Waals surface area contributed by atoms with Crippen molar-refractivity contribution < 1.29 is 29.5 Å². The molecule has 4 N–H and O–H groups in total. The highest BCUT2D eigenvalue weighted by atomic mass is 16.5. The van der Waals surface area contributed by atoms with E-state index in [0.717, 1.165) is 5.56 Å². The van der Waals surface area contributed by atoms with Gasteiger partial charge in [0.05, 0.1) is 5.39 Å². The van der Waals surface area contributed by atoms with Gasteiger partial charge in [0.25, 0.3) is 0 Å². The minimum absolute atomic E-state index is 0.0650. The third-order valence-corrected chi connectivity index (χ3v) is 4.66. The Morgan fingerprint density at radius 2 is 1.74 bits per heavy atom. The van der Waals surface area contributed by atoms with E-state index in [-0.39, 0.29) is 28.3 Å². The summed E-state index contributed by atoms with van der Waals surface area (Å²) in [5.74, 6) is 0.474. The van der Waals surface area contributed by atoms with Gasteiger partial charge in [-0.2, -0.15) is 0 Å². The number of fused-ring (bicyclic) bond motifs is 1. The van der Waals surface area contributed by atoms with E-state index in [2.05, 4.69) is 5.73 Å². The highest BCUT2D eigenvalue weighted by molar-refractivity contribution is 5.82. The lowest BCUT2D eigenvalue weighted by atomic mass is 10.1. The number of esters is 1. The molecule has 0 bridgehead atoms. The van der Waals surface area contributed by atoms with Crippen LogP contribution in [0.2, 0.25) is 0 Å². The number of aromatic hydroxyl groups is 1. The molecular formula is C24H20NO6+. The number of phenolic OH excluding ortho intramolecular Hbond substituents is 1. The molecule has 1 heterocycles. The van der Waals surface area contributed by atoms with E-state index in [1.165, 1.54) is 24.5 Å². The number of rotatable bonds is 6. The Labute approximate surface area is 177 Å². The Hall–Kier alpha value is -4.10. The fourth-order valence-corrected chi connectivity index (χ4v) is 3.04. The van der Waals surface area contributed by atoms with Crippen molar-refractivity contribution in [3.8, 4) is 23.0 Å². The summed E-state index contributed by atoms with van der Waals surface area (Å²) in [6.07, 6.45) is 1.60. The molecule has 0 amide bonds. The van der Waals surface area contributed by atoms with Crippen LogP contribution in [-0.2, 0) is 11.2 Å². The molecule has 0 fully saturated rings. The fraction of sp³-hybridized carbons (Fsp3) is 0.0833. The number of hydrogen-bond donors (Lipinski definition) is 2. The molecule has 3 aromatic carbocycles. The number of benzene rings is 3. The topological polar surface area (TPSA) is 114 Å². The SMILES string of the molecule is [NH3+][C@@H](Cc1ccc(O)cc1)C(=O)Oc1ccc2c(=O)c(Oc3ccccc3)coc2c1. The van der Waals surface area contributed by atoms with Gasteiger partial charge >= 0.3 is 5.97 Å².